The van der Waals surface area contributed by atoms with Gasteiger partial charge in [0.25, 0.3) is 5.69 Å². The standard InChI is InChI=1S/C14H17N3O3/c1-11-10-16(9-8-15-11)14(18)7-6-12-4-2-3-5-13(12)17(19)20/h2-7,11,15H,8-10H2,1H3/b7-6+/t11-/m1/s1. The maximum Gasteiger partial charge on any atom is 0.276 e. The second kappa shape index (κ2) is 6.29. The zero-order valence-corrected chi connectivity index (χ0v) is 11.3. The minimum absolute atomic E-state index is 0.00484. The highest BCUT2D eigenvalue weighted by Crippen LogP contribution is 2.19. The van der Waals surface area contributed by atoms with Crippen LogP contribution in [0.1, 0.15) is 12.5 Å². The van der Waals surface area contributed by atoms with Gasteiger partial charge in [-0.25, -0.2) is 0 Å². The van der Waals surface area contributed by atoms with Gasteiger partial charge in [-0.2, -0.15) is 0 Å². The minimum Gasteiger partial charge on any atom is -0.336 e. The summed E-state index contributed by atoms with van der Waals surface area (Å²) in [6, 6.07) is 6.64. The summed E-state index contributed by atoms with van der Waals surface area (Å²) in [6.07, 6.45) is 2.91. The van der Waals surface area contributed by atoms with Crippen molar-refractivity contribution in [3.8, 4) is 0 Å². The fourth-order valence-corrected chi connectivity index (χ4v) is 2.19. The molecule has 0 spiro atoms. The highest BCUT2D eigenvalue weighted by molar-refractivity contribution is 5.92. The smallest absolute Gasteiger partial charge is 0.276 e. The molecule has 0 aromatic heterocycles. The Morgan fingerprint density at radius 2 is 2.25 bits per heavy atom. The van der Waals surface area contributed by atoms with Crippen molar-refractivity contribution in [1.29, 1.82) is 0 Å². The van der Waals surface area contributed by atoms with Crippen LogP contribution in [0.4, 0.5) is 5.69 Å². The Labute approximate surface area is 117 Å². The molecule has 1 saturated heterocycles. The summed E-state index contributed by atoms with van der Waals surface area (Å²) in [5.41, 5.74) is 0.444. The second-order valence-corrected chi connectivity index (χ2v) is 4.79. The molecule has 106 valence electrons. The van der Waals surface area contributed by atoms with E-state index in [0.717, 1.165) is 6.54 Å². The number of benzene rings is 1. The molecule has 0 radical (unpaired) electrons. The number of nitro groups is 1. The summed E-state index contributed by atoms with van der Waals surface area (Å²) in [6.45, 7) is 4.10. The predicted octanol–water partition coefficient (Wildman–Crippen LogP) is 1.43. The number of hydrogen-bond donors (Lipinski definition) is 1. The lowest BCUT2D eigenvalue weighted by atomic mass is 10.1. The monoisotopic (exact) mass is 275 g/mol. The van der Waals surface area contributed by atoms with Gasteiger partial charge in [0.15, 0.2) is 0 Å². The molecule has 6 heteroatoms. The summed E-state index contributed by atoms with van der Waals surface area (Å²) in [4.78, 5) is 24.2. The molecule has 1 aromatic rings. The van der Waals surface area contributed by atoms with E-state index in [1.54, 1.807) is 23.1 Å². The second-order valence-electron chi connectivity index (χ2n) is 4.79. The van der Waals surface area contributed by atoms with Crippen LogP contribution in [0.3, 0.4) is 0 Å². The van der Waals surface area contributed by atoms with Crippen molar-refractivity contribution in [2.45, 2.75) is 13.0 Å². The van der Waals surface area contributed by atoms with Crippen LogP contribution in [-0.4, -0.2) is 41.4 Å². The molecule has 1 aromatic carbocycles. The Hall–Kier alpha value is -2.21. The molecule has 1 amide bonds. The highest BCUT2D eigenvalue weighted by atomic mass is 16.6. The average molecular weight is 275 g/mol. The molecule has 1 aliphatic heterocycles. The number of nitrogens with one attached hydrogen (secondary N) is 1. The number of amides is 1. The average Bonchev–Trinajstić information content (AvgIpc) is 2.45. The fourth-order valence-electron chi connectivity index (χ4n) is 2.19. The number of rotatable bonds is 3. The van der Waals surface area contributed by atoms with Crippen LogP contribution >= 0.6 is 0 Å². The van der Waals surface area contributed by atoms with Gasteiger partial charge in [0.2, 0.25) is 5.91 Å². The van der Waals surface area contributed by atoms with Gasteiger partial charge in [-0.15, -0.1) is 0 Å². The normalized spacial score (nSPS) is 19.2. The zero-order valence-electron chi connectivity index (χ0n) is 11.3. The van der Waals surface area contributed by atoms with Crippen molar-refractivity contribution in [3.63, 3.8) is 0 Å². The van der Waals surface area contributed by atoms with E-state index < -0.39 is 4.92 Å². The van der Waals surface area contributed by atoms with Gasteiger partial charge in [-0.05, 0) is 19.1 Å². The van der Waals surface area contributed by atoms with E-state index >= 15 is 0 Å². The highest BCUT2D eigenvalue weighted by Gasteiger charge is 2.18. The van der Waals surface area contributed by atoms with Crippen LogP contribution in [0.15, 0.2) is 30.3 Å². The first kappa shape index (κ1) is 14.2. The van der Waals surface area contributed by atoms with Crippen molar-refractivity contribution in [2.24, 2.45) is 0 Å². The molecule has 6 nitrogen and oxygen atoms in total. The topological polar surface area (TPSA) is 75.5 Å². The van der Waals surface area contributed by atoms with E-state index in [1.165, 1.54) is 18.2 Å². The lowest BCUT2D eigenvalue weighted by Crippen LogP contribution is -2.50. The molecule has 1 aliphatic rings. The molecule has 0 saturated carbocycles. The Morgan fingerprint density at radius 3 is 2.95 bits per heavy atom. The summed E-state index contributed by atoms with van der Waals surface area (Å²) in [7, 11) is 0. The number of carbonyl (C=O) groups is 1. The van der Waals surface area contributed by atoms with Gasteiger partial charge in [-0.1, -0.05) is 12.1 Å². The molecule has 1 atom stereocenters. The molecular weight excluding hydrogens is 258 g/mol. The number of nitro benzene ring substituents is 1. The van der Waals surface area contributed by atoms with Crippen molar-refractivity contribution in [1.82, 2.24) is 10.2 Å². The number of piperazine rings is 1. The molecule has 20 heavy (non-hydrogen) atoms. The Morgan fingerprint density at radius 1 is 1.50 bits per heavy atom. The van der Waals surface area contributed by atoms with Gasteiger partial charge in [0.05, 0.1) is 10.5 Å². The number of para-hydroxylation sites is 1. The summed E-state index contributed by atoms with van der Waals surface area (Å²) >= 11 is 0. The zero-order chi connectivity index (χ0) is 14.5. The lowest BCUT2D eigenvalue weighted by Gasteiger charge is -2.31. The molecule has 0 unspecified atom stereocenters. The van der Waals surface area contributed by atoms with E-state index in [2.05, 4.69) is 5.32 Å². The Kier molecular flexibility index (Phi) is 4.47. The van der Waals surface area contributed by atoms with E-state index in [-0.39, 0.29) is 17.6 Å². The maximum atomic E-state index is 12.0. The van der Waals surface area contributed by atoms with Crippen LogP contribution in [-0.2, 0) is 4.79 Å². The van der Waals surface area contributed by atoms with Crippen LogP contribution < -0.4 is 5.32 Å². The third kappa shape index (κ3) is 3.42. The van der Waals surface area contributed by atoms with Crippen molar-refractivity contribution in [3.05, 3.63) is 46.0 Å². The molecule has 1 heterocycles. The number of carbonyl (C=O) groups excluding carboxylic acids is 1. The first-order chi connectivity index (χ1) is 9.58. The van der Waals surface area contributed by atoms with Crippen molar-refractivity contribution in [2.75, 3.05) is 19.6 Å². The summed E-state index contributed by atoms with van der Waals surface area (Å²) in [5.74, 6) is -0.114. The first-order valence-corrected chi connectivity index (χ1v) is 6.51. The number of hydrogen-bond acceptors (Lipinski definition) is 4. The van der Waals surface area contributed by atoms with Gasteiger partial charge >= 0.3 is 0 Å². The maximum absolute atomic E-state index is 12.0. The molecule has 1 N–H and O–H groups in total. The van der Waals surface area contributed by atoms with Crippen LogP contribution in [0.2, 0.25) is 0 Å². The predicted molar refractivity (Wildman–Crippen MR) is 76.2 cm³/mol. The van der Waals surface area contributed by atoms with Crippen molar-refractivity contribution >= 4 is 17.7 Å². The van der Waals surface area contributed by atoms with Crippen LogP contribution in [0.5, 0.6) is 0 Å². The summed E-state index contributed by atoms with van der Waals surface area (Å²) < 4.78 is 0. The molecule has 0 bridgehead atoms. The summed E-state index contributed by atoms with van der Waals surface area (Å²) in [5, 5.41) is 14.1. The quantitative estimate of drug-likeness (QED) is 0.514. The van der Waals surface area contributed by atoms with E-state index in [4.69, 9.17) is 0 Å². The van der Waals surface area contributed by atoms with E-state index in [9.17, 15) is 14.9 Å². The van der Waals surface area contributed by atoms with Crippen LogP contribution in [0, 0.1) is 10.1 Å². The van der Waals surface area contributed by atoms with Gasteiger partial charge in [0.1, 0.15) is 0 Å². The Bertz CT molecular complexity index is 542. The van der Waals surface area contributed by atoms with Gasteiger partial charge in [-0.3, -0.25) is 14.9 Å². The third-order valence-electron chi connectivity index (χ3n) is 3.22. The molecule has 2 rings (SSSR count). The minimum atomic E-state index is -0.447. The number of nitrogens with zero attached hydrogens (tertiary/aromatic N) is 2. The fraction of sp³-hybridized carbons (Fsp3) is 0.357. The van der Waals surface area contributed by atoms with E-state index in [1.807, 2.05) is 6.92 Å². The first-order valence-electron chi connectivity index (χ1n) is 6.51. The van der Waals surface area contributed by atoms with Crippen molar-refractivity contribution < 1.29 is 9.72 Å². The van der Waals surface area contributed by atoms with Crippen LogP contribution in [0.25, 0.3) is 6.08 Å². The lowest BCUT2D eigenvalue weighted by molar-refractivity contribution is -0.385. The largest absolute Gasteiger partial charge is 0.336 e. The van der Waals surface area contributed by atoms with E-state index in [0.29, 0.717) is 18.7 Å². The third-order valence-corrected chi connectivity index (χ3v) is 3.22. The van der Waals surface area contributed by atoms with Gasteiger partial charge < -0.3 is 10.2 Å². The van der Waals surface area contributed by atoms with Gasteiger partial charge in [0, 0.05) is 37.8 Å². The molecule has 0 aliphatic carbocycles. The molecular formula is C14H17N3O3. The SMILES string of the molecule is C[C@@H]1CN(C(=O)/C=C/c2ccccc2[N+](=O)[O-])CCN1. The molecule has 1 fully saturated rings. The Balaban J connectivity index is 2.09.